The van der Waals surface area contributed by atoms with Crippen molar-refractivity contribution in [2.24, 2.45) is 0 Å². The summed E-state index contributed by atoms with van der Waals surface area (Å²) in [5.74, 6) is 0. The fourth-order valence-electron chi connectivity index (χ4n) is 1.50. The normalized spacial score (nSPS) is 14.9. The molecule has 0 spiro atoms. The zero-order valence-electron chi connectivity index (χ0n) is 9.13. The summed E-state index contributed by atoms with van der Waals surface area (Å²) in [4.78, 5) is 0. The first-order valence-electron chi connectivity index (χ1n) is 5.45. The van der Waals surface area contributed by atoms with Crippen LogP contribution >= 0.6 is 0 Å². The predicted molar refractivity (Wildman–Crippen MR) is 59.4 cm³/mol. The molecule has 0 saturated carbocycles. The number of hydrogen-bond donors (Lipinski definition) is 3. The molecule has 0 amide bonds. The predicted octanol–water partition coefficient (Wildman–Crippen LogP) is 0.0543. The highest BCUT2D eigenvalue weighted by Crippen LogP contribution is 2.09. The van der Waals surface area contributed by atoms with Gasteiger partial charge in [0.2, 0.25) is 0 Å². The lowest BCUT2D eigenvalue weighted by molar-refractivity contribution is -0.697. The zero-order valence-corrected chi connectivity index (χ0v) is 9.13. The summed E-state index contributed by atoms with van der Waals surface area (Å²) < 4.78 is 0. The van der Waals surface area contributed by atoms with E-state index in [0.717, 1.165) is 12.0 Å². The van der Waals surface area contributed by atoms with Crippen LogP contribution in [0.1, 0.15) is 25.0 Å². The highest BCUT2D eigenvalue weighted by Gasteiger charge is 2.12. The van der Waals surface area contributed by atoms with Crippen LogP contribution in [0, 0.1) is 0 Å². The minimum atomic E-state index is -0.452. The number of hydrogen-bond acceptors (Lipinski definition) is 2. The summed E-state index contributed by atoms with van der Waals surface area (Å²) in [6.45, 7) is 2.80. The van der Waals surface area contributed by atoms with Crippen molar-refractivity contribution in [1.29, 1.82) is 0 Å². The molecule has 4 N–H and O–H groups in total. The second-order valence-corrected chi connectivity index (χ2v) is 3.75. The Morgan fingerprint density at radius 2 is 1.93 bits per heavy atom. The number of aliphatic hydroxyl groups is 2. The van der Waals surface area contributed by atoms with Gasteiger partial charge >= 0.3 is 0 Å². The molecule has 0 heterocycles. The molecule has 3 nitrogen and oxygen atoms in total. The fraction of sp³-hybridized carbons (Fsp3) is 0.500. The summed E-state index contributed by atoms with van der Waals surface area (Å²) in [6.07, 6.45) is 0.463. The van der Waals surface area contributed by atoms with Crippen LogP contribution in [0.2, 0.25) is 0 Å². The Labute approximate surface area is 90.8 Å². The second-order valence-electron chi connectivity index (χ2n) is 3.75. The molecule has 84 valence electrons. The van der Waals surface area contributed by atoms with Crippen LogP contribution in [0.15, 0.2) is 30.3 Å². The Kier molecular flexibility index (Phi) is 5.32. The molecular weight excluding hydrogens is 190 g/mol. The van der Waals surface area contributed by atoms with Gasteiger partial charge in [-0.2, -0.15) is 0 Å². The lowest BCUT2D eigenvalue weighted by Crippen LogP contribution is -2.91. The molecule has 1 aromatic carbocycles. The minimum Gasteiger partial charge on any atom is -0.390 e. The van der Waals surface area contributed by atoms with Crippen LogP contribution in [0.3, 0.4) is 0 Å². The van der Waals surface area contributed by atoms with Crippen molar-refractivity contribution < 1.29 is 15.5 Å². The van der Waals surface area contributed by atoms with Crippen LogP contribution in [-0.4, -0.2) is 29.4 Å². The highest BCUT2D eigenvalue weighted by molar-refractivity contribution is 5.16. The summed E-state index contributed by atoms with van der Waals surface area (Å²) in [6, 6.07) is 9.80. The molecule has 0 aliphatic rings. The molecule has 0 radical (unpaired) electrons. The molecule has 0 fully saturated rings. The van der Waals surface area contributed by atoms with E-state index in [9.17, 15) is 5.11 Å². The molecule has 15 heavy (non-hydrogen) atoms. The third-order valence-electron chi connectivity index (χ3n) is 2.64. The Morgan fingerprint density at radius 1 is 1.27 bits per heavy atom. The van der Waals surface area contributed by atoms with Gasteiger partial charge in [0, 0.05) is 0 Å². The lowest BCUT2D eigenvalue weighted by Gasteiger charge is -2.14. The Bertz CT molecular complexity index is 260. The monoisotopic (exact) mass is 210 g/mol. The SMILES string of the molecule is CC[C@@H](CO)[NH2+]C[C@@H](O)c1ccccc1. The molecule has 0 saturated heterocycles. The standard InChI is InChI=1S/C12H19NO2/c1-2-11(9-14)13-8-12(15)10-6-4-3-5-7-10/h3-7,11-15H,2,8-9H2,1H3/p+1/t11-,12+/m0/s1. The maximum atomic E-state index is 9.85. The van der Waals surface area contributed by atoms with Gasteiger partial charge in [-0.15, -0.1) is 0 Å². The van der Waals surface area contributed by atoms with Gasteiger partial charge in [-0.3, -0.25) is 0 Å². The van der Waals surface area contributed by atoms with Gasteiger partial charge in [0.25, 0.3) is 0 Å². The van der Waals surface area contributed by atoms with Crippen LogP contribution in [0.4, 0.5) is 0 Å². The summed E-state index contributed by atoms with van der Waals surface area (Å²) in [5, 5.41) is 20.8. The minimum absolute atomic E-state index is 0.165. The van der Waals surface area contributed by atoms with Crippen molar-refractivity contribution in [3.63, 3.8) is 0 Å². The van der Waals surface area contributed by atoms with Gasteiger partial charge in [0.15, 0.2) is 0 Å². The Morgan fingerprint density at radius 3 is 2.47 bits per heavy atom. The van der Waals surface area contributed by atoms with Gasteiger partial charge in [0.05, 0.1) is 6.61 Å². The van der Waals surface area contributed by atoms with E-state index in [1.54, 1.807) is 0 Å². The molecule has 0 bridgehead atoms. The molecule has 0 unspecified atom stereocenters. The molecule has 2 atom stereocenters. The van der Waals surface area contributed by atoms with Gasteiger partial charge in [0.1, 0.15) is 18.7 Å². The molecule has 1 rings (SSSR count). The molecule has 1 aromatic rings. The van der Waals surface area contributed by atoms with E-state index in [2.05, 4.69) is 0 Å². The first kappa shape index (κ1) is 12.2. The zero-order chi connectivity index (χ0) is 11.1. The van der Waals surface area contributed by atoms with E-state index in [0.29, 0.717) is 6.54 Å². The first-order chi connectivity index (χ1) is 7.27. The van der Waals surface area contributed by atoms with E-state index in [1.807, 2.05) is 42.6 Å². The van der Waals surface area contributed by atoms with Crippen molar-refractivity contribution in [2.45, 2.75) is 25.5 Å². The van der Waals surface area contributed by atoms with E-state index >= 15 is 0 Å². The lowest BCUT2D eigenvalue weighted by atomic mass is 10.1. The van der Waals surface area contributed by atoms with Gasteiger partial charge in [-0.05, 0) is 12.0 Å². The number of nitrogens with two attached hydrogens (primary N) is 1. The van der Waals surface area contributed by atoms with Crippen LogP contribution in [-0.2, 0) is 0 Å². The first-order valence-corrected chi connectivity index (χ1v) is 5.45. The second kappa shape index (κ2) is 6.56. The van der Waals surface area contributed by atoms with E-state index in [-0.39, 0.29) is 12.6 Å². The average Bonchev–Trinajstić information content (AvgIpc) is 2.31. The van der Waals surface area contributed by atoms with E-state index in [1.165, 1.54) is 0 Å². The van der Waals surface area contributed by atoms with E-state index < -0.39 is 6.10 Å². The maximum absolute atomic E-state index is 9.85. The molecule has 0 aliphatic carbocycles. The smallest absolute Gasteiger partial charge is 0.128 e. The van der Waals surface area contributed by atoms with Crippen molar-refractivity contribution in [1.82, 2.24) is 0 Å². The van der Waals surface area contributed by atoms with Gasteiger partial charge in [-0.25, -0.2) is 0 Å². The quantitative estimate of drug-likeness (QED) is 0.621. The van der Waals surface area contributed by atoms with Crippen LogP contribution < -0.4 is 5.32 Å². The summed E-state index contributed by atoms with van der Waals surface area (Å²) in [5.41, 5.74) is 0.932. The summed E-state index contributed by atoms with van der Waals surface area (Å²) in [7, 11) is 0. The number of benzene rings is 1. The Hall–Kier alpha value is -0.900. The fourth-order valence-corrected chi connectivity index (χ4v) is 1.50. The molecular formula is C12H20NO2+. The van der Waals surface area contributed by atoms with Crippen molar-refractivity contribution in [3.05, 3.63) is 35.9 Å². The molecule has 0 aromatic heterocycles. The van der Waals surface area contributed by atoms with Gasteiger partial charge in [-0.1, -0.05) is 37.3 Å². The third-order valence-corrected chi connectivity index (χ3v) is 2.64. The van der Waals surface area contributed by atoms with Crippen molar-refractivity contribution in [2.75, 3.05) is 13.2 Å². The maximum Gasteiger partial charge on any atom is 0.128 e. The average molecular weight is 210 g/mol. The summed E-state index contributed by atoms with van der Waals surface area (Å²) >= 11 is 0. The molecule has 3 heteroatoms. The Balaban J connectivity index is 2.39. The number of rotatable bonds is 6. The van der Waals surface area contributed by atoms with Crippen LogP contribution in [0.5, 0.6) is 0 Å². The number of quaternary nitrogens is 1. The van der Waals surface area contributed by atoms with Crippen molar-refractivity contribution in [3.8, 4) is 0 Å². The van der Waals surface area contributed by atoms with Crippen molar-refractivity contribution >= 4 is 0 Å². The van der Waals surface area contributed by atoms with Gasteiger partial charge < -0.3 is 15.5 Å². The largest absolute Gasteiger partial charge is 0.390 e. The third kappa shape index (κ3) is 4.00. The topological polar surface area (TPSA) is 57.1 Å². The number of aliphatic hydroxyl groups excluding tert-OH is 2. The van der Waals surface area contributed by atoms with Crippen LogP contribution in [0.25, 0.3) is 0 Å². The highest BCUT2D eigenvalue weighted by atomic mass is 16.3. The van der Waals surface area contributed by atoms with E-state index in [4.69, 9.17) is 5.11 Å². The molecule has 0 aliphatic heterocycles.